The summed E-state index contributed by atoms with van der Waals surface area (Å²) in [5, 5.41) is 6.70. The van der Waals surface area contributed by atoms with Crippen LogP contribution >= 0.6 is 11.6 Å². The molecule has 0 saturated carbocycles. The molecule has 0 saturated heterocycles. The Bertz CT molecular complexity index is 1280. The first kappa shape index (κ1) is 18.0. The Morgan fingerprint density at radius 1 is 1.29 bits per heavy atom. The number of aromatic amines is 1. The fourth-order valence-electron chi connectivity index (χ4n) is 3.00. The molecule has 0 fully saturated rings. The van der Waals surface area contributed by atoms with Gasteiger partial charge in [-0.1, -0.05) is 11.6 Å². The van der Waals surface area contributed by atoms with Crippen LogP contribution in [0, 0.1) is 5.82 Å². The van der Waals surface area contributed by atoms with E-state index in [0.717, 1.165) is 4.68 Å². The van der Waals surface area contributed by atoms with Crippen LogP contribution in [0.3, 0.4) is 0 Å². The standard InChI is InChI=1S/C19H14ClFN4O3/c1-28-16-5-2-10(20)6-15(16)23-17(26)9-25-19(27)13-8-22-14-4-3-11(21)7-12(14)18(13)24-25/h2-8,24H,9H2,1H3,(H,23,26). The lowest BCUT2D eigenvalue weighted by Crippen LogP contribution is -2.26. The molecule has 4 aromatic rings. The molecular weight excluding hydrogens is 387 g/mol. The lowest BCUT2D eigenvalue weighted by Gasteiger charge is -2.10. The monoisotopic (exact) mass is 400 g/mol. The summed E-state index contributed by atoms with van der Waals surface area (Å²) >= 11 is 5.96. The van der Waals surface area contributed by atoms with Gasteiger partial charge < -0.3 is 10.1 Å². The second-order valence-corrected chi connectivity index (χ2v) is 6.54. The van der Waals surface area contributed by atoms with E-state index in [0.29, 0.717) is 32.9 Å². The van der Waals surface area contributed by atoms with Crippen molar-refractivity contribution in [1.29, 1.82) is 0 Å². The molecule has 1 amide bonds. The van der Waals surface area contributed by atoms with Crippen LogP contribution in [0.25, 0.3) is 21.8 Å². The van der Waals surface area contributed by atoms with Gasteiger partial charge in [-0.25, -0.2) is 9.07 Å². The number of fused-ring (bicyclic) bond motifs is 3. The summed E-state index contributed by atoms with van der Waals surface area (Å²) in [5.41, 5.74) is 0.915. The number of ether oxygens (including phenoxy) is 1. The van der Waals surface area contributed by atoms with E-state index in [-0.39, 0.29) is 11.9 Å². The Balaban J connectivity index is 1.68. The van der Waals surface area contributed by atoms with Crippen LogP contribution in [0.15, 0.2) is 47.4 Å². The molecule has 2 heterocycles. The molecule has 0 atom stereocenters. The quantitative estimate of drug-likeness (QED) is 0.550. The maximum Gasteiger partial charge on any atom is 0.276 e. The van der Waals surface area contributed by atoms with E-state index >= 15 is 0 Å². The number of methoxy groups -OCH3 is 1. The third kappa shape index (κ3) is 3.18. The van der Waals surface area contributed by atoms with Crippen LogP contribution in [0.4, 0.5) is 10.1 Å². The number of benzene rings is 2. The molecule has 0 spiro atoms. The third-order valence-corrected chi connectivity index (χ3v) is 4.52. The number of nitrogens with zero attached hydrogens (tertiary/aromatic N) is 2. The number of anilines is 1. The molecule has 142 valence electrons. The van der Waals surface area contributed by atoms with Gasteiger partial charge in [-0.05, 0) is 36.4 Å². The summed E-state index contributed by atoms with van der Waals surface area (Å²) < 4.78 is 19.9. The smallest absolute Gasteiger partial charge is 0.276 e. The highest BCUT2D eigenvalue weighted by Crippen LogP contribution is 2.27. The minimum atomic E-state index is -0.460. The molecule has 2 aromatic heterocycles. The molecule has 2 aromatic carbocycles. The van der Waals surface area contributed by atoms with Gasteiger partial charge in [0, 0.05) is 16.6 Å². The van der Waals surface area contributed by atoms with Crippen LogP contribution in [0.5, 0.6) is 5.75 Å². The van der Waals surface area contributed by atoms with Gasteiger partial charge in [0.05, 0.1) is 29.2 Å². The number of rotatable bonds is 4. The second-order valence-electron chi connectivity index (χ2n) is 6.10. The van der Waals surface area contributed by atoms with Gasteiger partial charge in [0.2, 0.25) is 5.91 Å². The van der Waals surface area contributed by atoms with Crippen molar-refractivity contribution in [2.75, 3.05) is 12.4 Å². The number of pyridine rings is 1. The van der Waals surface area contributed by atoms with Crippen molar-refractivity contribution in [3.05, 3.63) is 63.8 Å². The summed E-state index contributed by atoms with van der Waals surface area (Å²) in [6, 6.07) is 8.92. The molecule has 0 aliphatic heterocycles. The molecule has 0 bridgehead atoms. The Hall–Kier alpha value is -3.39. The first-order valence-electron chi connectivity index (χ1n) is 8.26. The van der Waals surface area contributed by atoms with Crippen molar-refractivity contribution in [1.82, 2.24) is 14.8 Å². The van der Waals surface area contributed by atoms with Crippen LogP contribution in [0.2, 0.25) is 5.02 Å². The lowest BCUT2D eigenvalue weighted by atomic mass is 10.2. The zero-order chi connectivity index (χ0) is 19.8. The van der Waals surface area contributed by atoms with Gasteiger partial charge in [-0.15, -0.1) is 0 Å². The number of aromatic nitrogens is 3. The van der Waals surface area contributed by atoms with Crippen molar-refractivity contribution >= 4 is 45.0 Å². The molecular formula is C19H14ClFN4O3. The average molecular weight is 401 g/mol. The van der Waals surface area contributed by atoms with Crippen LogP contribution in [0.1, 0.15) is 0 Å². The molecule has 0 unspecified atom stereocenters. The molecule has 7 nitrogen and oxygen atoms in total. The van der Waals surface area contributed by atoms with Crippen molar-refractivity contribution in [3.8, 4) is 5.75 Å². The molecule has 0 aliphatic carbocycles. The lowest BCUT2D eigenvalue weighted by molar-refractivity contribution is -0.117. The van der Waals surface area contributed by atoms with E-state index in [2.05, 4.69) is 15.4 Å². The predicted octanol–water partition coefficient (Wildman–Crippen LogP) is 3.32. The Morgan fingerprint density at radius 3 is 2.89 bits per heavy atom. The second kappa shape index (κ2) is 6.97. The molecule has 4 rings (SSSR count). The van der Waals surface area contributed by atoms with Crippen LogP contribution in [-0.4, -0.2) is 27.8 Å². The minimum Gasteiger partial charge on any atom is -0.495 e. The van der Waals surface area contributed by atoms with E-state index in [1.54, 1.807) is 18.2 Å². The average Bonchev–Trinajstić information content (AvgIpc) is 2.98. The van der Waals surface area contributed by atoms with E-state index in [1.165, 1.54) is 31.5 Å². The van der Waals surface area contributed by atoms with Gasteiger partial charge in [0.15, 0.2) is 0 Å². The highest BCUT2D eigenvalue weighted by Gasteiger charge is 2.15. The molecule has 0 radical (unpaired) electrons. The molecule has 2 N–H and O–H groups in total. The predicted molar refractivity (Wildman–Crippen MR) is 104 cm³/mol. The number of hydrogen-bond donors (Lipinski definition) is 2. The first-order valence-corrected chi connectivity index (χ1v) is 8.64. The van der Waals surface area contributed by atoms with Gasteiger partial charge in [-0.3, -0.25) is 19.7 Å². The molecule has 9 heteroatoms. The number of amides is 1. The first-order chi connectivity index (χ1) is 13.5. The number of carbonyl (C=O) groups is 1. The third-order valence-electron chi connectivity index (χ3n) is 4.29. The Labute approximate surface area is 162 Å². The summed E-state index contributed by atoms with van der Waals surface area (Å²) in [6.45, 7) is -0.278. The maximum absolute atomic E-state index is 13.6. The zero-order valence-electron chi connectivity index (χ0n) is 14.6. The van der Waals surface area contributed by atoms with Crippen molar-refractivity contribution in [2.45, 2.75) is 6.54 Å². The molecule has 0 aliphatic rings. The Kier molecular flexibility index (Phi) is 4.48. The summed E-state index contributed by atoms with van der Waals surface area (Å²) in [5.74, 6) is -0.466. The van der Waals surface area contributed by atoms with Gasteiger partial charge in [0.1, 0.15) is 18.1 Å². The topological polar surface area (TPSA) is 89.0 Å². The number of H-pyrrole nitrogens is 1. The fraction of sp³-hybridized carbons (Fsp3) is 0.105. The summed E-state index contributed by atoms with van der Waals surface area (Å²) in [7, 11) is 1.47. The van der Waals surface area contributed by atoms with E-state index in [4.69, 9.17) is 16.3 Å². The normalized spacial score (nSPS) is 11.1. The van der Waals surface area contributed by atoms with Gasteiger partial charge in [0.25, 0.3) is 5.56 Å². The van der Waals surface area contributed by atoms with E-state index < -0.39 is 17.3 Å². The van der Waals surface area contributed by atoms with Crippen molar-refractivity contribution < 1.29 is 13.9 Å². The highest BCUT2D eigenvalue weighted by atomic mass is 35.5. The summed E-state index contributed by atoms with van der Waals surface area (Å²) in [4.78, 5) is 29.2. The maximum atomic E-state index is 13.6. The van der Waals surface area contributed by atoms with Crippen LogP contribution in [-0.2, 0) is 11.3 Å². The summed E-state index contributed by atoms with van der Waals surface area (Å²) in [6.07, 6.45) is 1.41. The highest BCUT2D eigenvalue weighted by molar-refractivity contribution is 6.31. The van der Waals surface area contributed by atoms with E-state index in [1.807, 2.05) is 0 Å². The van der Waals surface area contributed by atoms with Crippen molar-refractivity contribution in [3.63, 3.8) is 0 Å². The van der Waals surface area contributed by atoms with E-state index in [9.17, 15) is 14.0 Å². The minimum absolute atomic E-state index is 0.270. The van der Waals surface area contributed by atoms with Crippen LogP contribution < -0.4 is 15.6 Å². The molecule has 28 heavy (non-hydrogen) atoms. The van der Waals surface area contributed by atoms with Gasteiger partial charge in [-0.2, -0.15) is 0 Å². The SMILES string of the molecule is COc1ccc(Cl)cc1NC(=O)Cn1[nH]c2c(cnc3ccc(F)cc32)c1=O. The number of hydrogen-bond acceptors (Lipinski definition) is 4. The zero-order valence-corrected chi connectivity index (χ0v) is 15.4. The largest absolute Gasteiger partial charge is 0.495 e. The number of nitrogens with one attached hydrogen (secondary N) is 2. The number of carbonyl (C=O) groups excluding carboxylic acids is 1. The Morgan fingerprint density at radius 2 is 2.11 bits per heavy atom. The number of halogens is 2. The van der Waals surface area contributed by atoms with Gasteiger partial charge >= 0.3 is 0 Å². The fourth-order valence-corrected chi connectivity index (χ4v) is 3.17. The van der Waals surface area contributed by atoms with Crippen molar-refractivity contribution in [2.24, 2.45) is 0 Å².